The Labute approximate surface area is 189 Å². The Morgan fingerprint density at radius 2 is 1.85 bits per heavy atom. The summed E-state index contributed by atoms with van der Waals surface area (Å²) in [5, 5.41) is 2.95. The summed E-state index contributed by atoms with van der Waals surface area (Å²) >= 11 is 0. The summed E-state index contributed by atoms with van der Waals surface area (Å²) in [5.41, 5.74) is 2.07. The molecule has 0 atom stereocenters. The first-order chi connectivity index (χ1) is 15.8. The number of carbonyl (C=O) groups is 1. The molecular weight excluding hydrogens is 433 g/mol. The van der Waals surface area contributed by atoms with Gasteiger partial charge in [0.25, 0.3) is 0 Å². The Morgan fingerprint density at radius 3 is 2.52 bits per heavy atom. The minimum Gasteiger partial charge on any atom is -0.481 e. The number of hydrogen-bond acceptors (Lipinski definition) is 5. The lowest BCUT2D eigenvalue weighted by Gasteiger charge is -2.31. The minimum absolute atomic E-state index is 0.0756. The number of piperidine rings is 1. The van der Waals surface area contributed by atoms with E-state index in [0.717, 1.165) is 43.6 Å². The predicted octanol–water partition coefficient (Wildman–Crippen LogP) is 4.90. The van der Waals surface area contributed by atoms with Gasteiger partial charge >= 0.3 is 6.18 Å². The molecule has 0 spiro atoms. The van der Waals surface area contributed by atoms with Gasteiger partial charge < -0.3 is 10.1 Å². The number of halogens is 3. The third-order valence-corrected chi connectivity index (χ3v) is 5.91. The van der Waals surface area contributed by atoms with Crippen molar-refractivity contribution in [2.45, 2.75) is 32.0 Å². The van der Waals surface area contributed by atoms with E-state index in [9.17, 15) is 18.0 Å². The first kappa shape index (κ1) is 23.0. The summed E-state index contributed by atoms with van der Waals surface area (Å²) in [6, 6.07) is 10.6. The molecule has 1 fully saturated rings. The molecule has 3 heterocycles. The van der Waals surface area contributed by atoms with Crippen molar-refractivity contribution in [2.75, 3.05) is 25.5 Å². The lowest BCUT2D eigenvalue weighted by molar-refractivity contribution is -0.137. The van der Waals surface area contributed by atoms with Crippen molar-refractivity contribution in [3.05, 3.63) is 59.8 Å². The van der Waals surface area contributed by atoms with Crippen LogP contribution >= 0.6 is 0 Å². The smallest absolute Gasteiger partial charge is 0.416 e. The number of ether oxygens (including phenoxy) is 1. The second kappa shape index (κ2) is 9.74. The standard InChI is InChI=1S/C24H25F3N4O2/c1-33-22-7-6-19-23(30-22)20(8-11-28-19)29-21(32)14-16-9-12-31(13-10-16)15-17-2-4-18(5-3-17)24(25,26)27/h2-8,11,16H,9-10,12-15H2,1H3,(H,28,29,32). The number of rotatable bonds is 6. The molecule has 0 unspecified atom stereocenters. The van der Waals surface area contributed by atoms with Gasteiger partial charge in [0.05, 0.1) is 23.9 Å². The van der Waals surface area contributed by atoms with E-state index in [4.69, 9.17) is 4.74 Å². The SMILES string of the molecule is COc1ccc2nccc(NC(=O)CC3CCN(Cc4ccc(C(F)(F)F)cc4)CC3)c2n1. The number of pyridine rings is 2. The van der Waals surface area contributed by atoms with Crippen molar-refractivity contribution in [1.29, 1.82) is 0 Å². The Kier molecular flexibility index (Phi) is 6.78. The zero-order valence-corrected chi connectivity index (χ0v) is 18.2. The normalized spacial score (nSPS) is 15.5. The minimum atomic E-state index is -4.32. The van der Waals surface area contributed by atoms with Gasteiger partial charge in [-0.3, -0.25) is 14.7 Å². The predicted molar refractivity (Wildman–Crippen MR) is 119 cm³/mol. The summed E-state index contributed by atoms with van der Waals surface area (Å²) in [5.74, 6) is 0.629. The maximum atomic E-state index is 12.7. The number of alkyl halides is 3. The first-order valence-electron chi connectivity index (χ1n) is 10.8. The highest BCUT2D eigenvalue weighted by molar-refractivity contribution is 5.99. The Bertz CT molecular complexity index is 1110. The van der Waals surface area contributed by atoms with Crippen molar-refractivity contribution in [1.82, 2.24) is 14.9 Å². The number of nitrogens with zero attached hydrogens (tertiary/aromatic N) is 3. The first-order valence-corrected chi connectivity index (χ1v) is 10.8. The van der Waals surface area contributed by atoms with Crippen LogP contribution in [0.1, 0.15) is 30.4 Å². The van der Waals surface area contributed by atoms with Gasteiger partial charge in [-0.15, -0.1) is 0 Å². The number of carbonyl (C=O) groups excluding carboxylic acids is 1. The van der Waals surface area contributed by atoms with Crippen LogP contribution in [-0.4, -0.2) is 41.0 Å². The van der Waals surface area contributed by atoms with Crippen LogP contribution in [-0.2, 0) is 17.5 Å². The summed E-state index contributed by atoms with van der Waals surface area (Å²) in [4.78, 5) is 23.5. The molecule has 1 saturated heterocycles. The summed E-state index contributed by atoms with van der Waals surface area (Å²) in [6.07, 6.45) is -0.565. The Balaban J connectivity index is 1.29. The number of methoxy groups -OCH3 is 1. The van der Waals surface area contributed by atoms with Crippen molar-refractivity contribution < 1.29 is 22.7 Å². The molecule has 1 N–H and O–H groups in total. The Morgan fingerprint density at radius 1 is 1.12 bits per heavy atom. The zero-order chi connectivity index (χ0) is 23.4. The largest absolute Gasteiger partial charge is 0.481 e. The zero-order valence-electron chi connectivity index (χ0n) is 18.2. The molecule has 0 radical (unpaired) electrons. The van der Waals surface area contributed by atoms with E-state index in [-0.39, 0.29) is 11.8 Å². The molecule has 0 aliphatic carbocycles. The highest BCUT2D eigenvalue weighted by Crippen LogP contribution is 2.30. The van der Waals surface area contributed by atoms with E-state index in [2.05, 4.69) is 20.2 Å². The maximum absolute atomic E-state index is 12.7. The van der Waals surface area contributed by atoms with E-state index in [1.807, 2.05) is 0 Å². The summed E-state index contributed by atoms with van der Waals surface area (Å²) in [6.45, 7) is 2.21. The topological polar surface area (TPSA) is 67.3 Å². The van der Waals surface area contributed by atoms with E-state index in [1.54, 1.807) is 24.4 Å². The second-order valence-electron chi connectivity index (χ2n) is 8.25. The van der Waals surface area contributed by atoms with Crippen LogP contribution in [0.2, 0.25) is 0 Å². The number of hydrogen-bond donors (Lipinski definition) is 1. The van der Waals surface area contributed by atoms with Crippen molar-refractivity contribution in [2.24, 2.45) is 5.92 Å². The fraction of sp³-hybridized carbons (Fsp3) is 0.375. The van der Waals surface area contributed by atoms with Crippen LogP contribution < -0.4 is 10.1 Å². The number of amides is 1. The van der Waals surface area contributed by atoms with Crippen LogP contribution in [0.15, 0.2) is 48.7 Å². The molecule has 1 aromatic carbocycles. The molecule has 1 aliphatic heterocycles. The third kappa shape index (κ3) is 5.78. The van der Waals surface area contributed by atoms with Gasteiger partial charge in [0.1, 0.15) is 5.52 Å². The van der Waals surface area contributed by atoms with Crippen LogP contribution in [0.3, 0.4) is 0 Å². The molecule has 0 bridgehead atoms. The van der Waals surface area contributed by atoms with Crippen molar-refractivity contribution in [3.8, 4) is 5.88 Å². The molecule has 33 heavy (non-hydrogen) atoms. The molecule has 6 nitrogen and oxygen atoms in total. The van der Waals surface area contributed by atoms with Gasteiger partial charge in [-0.1, -0.05) is 12.1 Å². The van der Waals surface area contributed by atoms with Gasteiger partial charge in [0.2, 0.25) is 11.8 Å². The van der Waals surface area contributed by atoms with Crippen LogP contribution in [0.5, 0.6) is 5.88 Å². The van der Waals surface area contributed by atoms with Gasteiger partial charge in [-0.05, 0) is 61.7 Å². The Hall–Kier alpha value is -3.20. The van der Waals surface area contributed by atoms with E-state index in [0.29, 0.717) is 35.6 Å². The summed E-state index contributed by atoms with van der Waals surface area (Å²) < 4.78 is 43.3. The van der Waals surface area contributed by atoms with Crippen molar-refractivity contribution >= 4 is 22.6 Å². The lowest BCUT2D eigenvalue weighted by Crippen LogP contribution is -2.34. The van der Waals surface area contributed by atoms with E-state index >= 15 is 0 Å². The molecule has 3 aromatic rings. The third-order valence-electron chi connectivity index (χ3n) is 5.91. The van der Waals surface area contributed by atoms with Gasteiger partial charge in [-0.2, -0.15) is 13.2 Å². The molecule has 9 heteroatoms. The quantitative estimate of drug-likeness (QED) is 0.569. The average Bonchev–Trinajstić information content (AvgIpc) is 2.80. The fourth-order valence-electron chi connectivity index (χ4n) is 4.09. The van der Waals surface area contributed by atoms with E-state index < -0.39 is 11.7 Å². The molecule has 4 rings (SSSR count). The van der Waals surface area contributed by atoms with E-state index in [1.165, 1.54) is 19.2 Å². The van der Waals surface area contributed by atoms with Crippen molar-refractivity contribution in [3.63, 3.8) is 0 Å². The number of fused-ring (bicyclic) bond motifs is 1. The fourth-order valence-corrected chi connectivity index (χ4v) is 4.09. The molecular formula is C24H25F3N4O2. The second-order valence-corrected chi connectivity index (χ2v) is 8.25. The highest BCUT2D eigenvalue weighted by Gasteiger charge is 2.30. The number of nitrogens with one attached hydrogen (secondary N) is 1. The molecule has 174 valence electrons. The number of anilines is 1. The van der Waals surface area contributed by atoms with Crippen LogP contribution in [0.25, 0.3) is 11.0 Å². The average molecular weight is 458 g/mol. The summed E-state index contributed by atoms with van der Waals surface area (Å²) in [7, 11) is 1.53. The maximum Gasteiger partial charge on any atom is 0.416 e. The number of aromatic nitrogens is 2. The molecule has 0 saturated carbocycles. The van der Waals surface area contributed by atoms with Gasteiger partial charge in [0.15, 0.2) is 0 Å². The molecule has 1 aliphatic rings. The van der Waals surface area contributed by atoms with Crippen LogP contribution in [0.4, 0.5) is 18.9 Å². The lowest BCUT2D eigenvalue weighted by atomic mass is 9.93. The van der Waals surface area contributed by atoms with Gasteiger partial charge in [-0.25, -0.2) is 4.98 Å². The molecule has 1 amide bonds. The van der Waals surface area contributed by atoms with Gasteiger partial charge in [0, 0.05) is 25.2 Å². The monoisotopic (exact) mass is 458 g/mol. The number of benzene rings is 1. The highest BCUT2D eigenvalue weighted by atomic mass is 19.4. The molecule has 2 aromatic heterocycles. The number of likely N-dealkylation sites (tertiary alicyclic amines) is 1. The van der Waals surface area contributed by atoms with Crippen LogP contribution in [0, 0.1) is 5.92 Å².